The molecule has 0 saturated heterocycles. The average molecular weight is 282 g/mol. The van der Waals surface area contributed by atoms with E-state index >= 15 is 0 Å². The number of ether oxygens (including phenoxy) is 1. The summed E-state index contributed by atoms with van der Waals surface area (Å²) in [5.41, 5.74) is 1.97. The number of hydrogen-bond acceptors (Lipinski definition) is 2. The number of benzene rings is 2. The average Bonchev–Trinajstić information content (AvgIpc) is 2.35. The van der Waals surface area contributed by atoms with Crippen LogP contribution in [0.2, 0.25) is 10.0 Å². The zero-order valence-corrected chi connectivity index (χ0v) is 11.4. The minimum Gasteiger partial charge on any atom is -0.496 e. The van der Waals surface area contributed by atoms with Gasteiger partial charge in [-0.05, 0) is 24.3 Å². The van der Waals surface area contributed by atoms with Crippen molar-refractivity contribution < 1.29 is 4.74 Å². The fourth-order valence-electron chi connectivity index (χ4n) is 1.70. The van der Waals surface area contributed by atoms with Crippen molar-refractivity contribution in [2.45, 2.75) is 6.54 Å². The van der Waals surface area contributed by atoms with E-state index in [4.69, 9.17) is 27.9 Å². The van der Waals surface area contributed by atoms with Gasteiger partial charge in [0.2, 0.25) is 0 Å². The molecule has 1 N–H and O–H groups in total. The SMILES string of the molecule is COc1ccccc1CNc1cc(Cl)cc(Cl)c1. The molecular formula is C14H13Cl2NO. The summed E-state index contributed by atoms with van der Waals surface area (Å²) in [6.07, 6.45) is 0. The number of halogens is 2. The van der Waals surface area contributed by atoms with Crippen LogP contribution < -0.4 is 10.1 Å². The maximum atomic E-state index is 5.94. The van der Waals surface area contributed by atoms with Gasteiger partial charge < -0.3 is 10.1 Å². The molecule has 2 aromatic rings. The van der Waals surface area contributed by atoms with Gasteiger partial charge in [-0.2, -0.15) is 0 Å². The van der Waals surface area contributed by atoms with Crippen molar-refractivity contribution >= 4 is 28.9 Å². The predicted molar refractivity (Wildman–Crippen MR) is 76.8 cm³/mol. The molecule has 0 fully saturated rings. The molecule has 2 rings (SSSR count). The van der Waals surface area contributed by atoms with Crippen molar-refractivity contribution in [3.8, 4) is 5.75 Å². The van der Waals surface area contributed by atoms with E-state index in [9.17, 15) is 0 Å². The third-order valence-corrected chi connectivity index (χ3v) is 2.97. The van der Waals surface area contributed by atoms with E-state index in [2.05, 4.69) is 5.32 Å². The number of rotatable bonds is 4. The van der Waals surface area contributed by atoms with Gasteiger partial charge in [-0.3, -0.25) is 0 Å². The molecule has 0 aliphatic carbocycles. The van der Waals surface area contributed by atoms with Crippen molar-refractivity contribution in [1.29, 1.82) is 0 Å². The first-order valence-corrected chi connectivity index (χ1v) is 6.26. The Balaban J connectivity index is 2.11. The lowest BCUT2D eigenvalue weighted by Gasteiger charge is -2.11. The molecule has 0 aliphatic heterocycles. The van der Waals surface area contributed by atoms with Gasteiger partial charge >= 0.3 is 0 Å². The molecule has 94 valence electrons. The first kappa shape index (κ1) is 13.1. The molecule has 2 aromatic carbocycles. The summed E-state index contributed by atoms with van der Waals surface area (Å²) in [6.45, 7) is 0.653. The van der Waals surface area contributed by atoms with Crippen molar-refractivity contribution in [2.24, 2.45) is 0 Å². The van der Waals surface area contributed by atoms with Crippen LogP contribution in [-0.2, 0) is 6.54 Å². The van der Waals surface area contributed by atoms with E-state index in [1.54, 1.807) is 13.2 Å². The Kier molecular flexibility index (Phi) is 4.34. The first-order valence-electron chi connectivity index (χ1n) is 5.51. The van der Waals surface area contributed by atoms with Crippen molar-refractivity contribution in [3.05, 3.63) is 58.1 Å². The van der Waals surface area contributed by atoms with Crippen LogP contribution in [-0.4, -0.2) is 7.11 Å². The van der Waals surface area contributed by atoms with E-state index in [1.807, 2.05) is 36.4 Å². The first-order chi connectivity index (χ1) is 8.69. The van der Waals surface area contributed by atoms with Crippen LogP contribution in [0, 0.1) is 0 Å². The Bertz CT molecular complexity index is 523. The highest BCUT2D eigenvalue weighted by atomic mass is 35.5. The summed E-state index contributed by atoms with van der Waals surface area (Å²) in [7, 11) is 1.66. The van der Waals surface area contributed by atoms with Crippen LogP contribution in [0.5, 0.6) is 5.75 Å². The molecule has 0 atom stereocenters. The molecule has 2 nitrogen and oxygen atoms in total. The second kappa shape index (κ2) is 5.98. The molecule has 0 aromatic heterocycles. The summed E-state index contributed by atoms with van der Waals surface area (Å²) >= 11 is 11.9. The van der Waals surface area contributed by atoms with E-state index in [-0.39, 0.29) is 0 Å². The summed E-state index contributed by atoms with van der Waals surface area (Å²) in [6, 6.07) is 13.2. The Labute approximate surface area is 116 Å². The maximum absolute atomic E-state index is 5.94. The van der Waals surface area contributed by atoms with Crippen molar-refractivity contribution in [1.82, 2.24) is 0 Å². The second-order valence-electron chi connectivity index (χ2n) is 3.82. The summed E-state index contributed by atoms with van der Waals surface area (Å²) < 4.78 is 5.29. The largest absolute Gasteiger partial charge is 0.496 e. The Morgan fingerprint density at radius 1 is 1.06 bits per heavy atom. The minimum absolute atomic E-state index is 0.616. The third kappa shape index (κ3) is 3.31. The van der Waals surface area contributed by atoms with E-state index < -0.39 is 0 Å². The summed E-state index contributed by atoms with van der Waals surface area (Å²) in [5, 5.41) is 4.50. The molecule has 0 aliphatic rings. The fourth-order valence-corrected chi connectivity index (χ4v) is 2.23. The standard InChI is InChI=1S/C14H13Cl2NO/c1-18-14-5-3-2-4-10(14)9-17-13-7-11(15)6-12(16)8-13/h2-8,17H,9H2,1H3. The quantitative estimate of drug-likeness (QED) is 0.883. The molecule has 0 bridgehead atoms. The van der Waals surface area contributed by atoms with Crippen LogP contribution >= 0.6 is 23.2 Å². The molecule has 4 heteroatoms. The van der Waals surface area contributed by atoms with Crippen LogP contribution in [0.15, 0.2) is 42.5 Å². The Hall–Kier alpha value is -1.38. The van der Waals surface area contributed by atoms with Crippen LogP contribution in [0.1, 0.15) is 5.56 Å². The van der Waals surface area contributed by atoms with Gasteiger partial charge in [0.15, 0.2) is 0 Å². The normalized spacial score (nSPS) is 10.2. The fraction of sp³-hybridized carbons (Fsp3) is 0.143. The van der Waals surface area contributed by atoms with Gasteiger partial charge in [-0.1, -0.05) is 41.4 Å². The summed E-state index contributed by atoms with van der Waals surface area (Å²) in [5.74, 6) is 0.859. The molecule has 0 amide bonds. The Morgan fingerprint density at radius 3 is 2.39 bits per heavy atom. The summed E-state index contributed by atoms with van der Waals surface area (Å²) in [4.78, 5) is 0. The molecule has 0 heterocycles. The number of nitrogens with one attached hydrogen (secondary N) is 1. The van der Waals surface area contributed by atoms with Gasteiger partial charge in [0.05, 0.1) is 7.11 Å². The molecule has 0 spiro atoms. The topological polar surface area (TPSA) is 21.3 Å². The second-order valence-corrected chi connectivity index (χ2v) is 4.70. The van der Waals surface area contributed by atoms with E-state index in [0.717, 1.165) is 17.0 Å². The zero-order chi connectivity index (χ0) is 13.0. The van der Waals surface area contributed by atoms with Crippen LogP contribution in [0.4, 0.5) is 5.69 Å². The maximum Gasteiger partial charge on any atom is 0.123 e. The smallest absolute Gasteiger partial charge is 0.123 e. The lowest BCUT2D eigenvalue weighted by atomic mass is 10.2. The van der Waals surface area contributed by atoms with Gasteiger partial charge in [0, 0.05) is 27.8 Å². The highest BCUT2D eigenvalue weighted by Gasteiger charge is 2.02. The van der Waals surface area contributed by atoms with E-state index in [0.29, 0.717) is 16.6 Å². The predicted octanol–water partition coefficient (Wildman–Crippen LogP) is 4.61. The molecular weight excluding hydrogens is 269 g/mol. The van der Waals surface area contributed by atoms with Gasteiger partial charge in [-0.25, -0.2) is 0 Å². The molecule has 0 saturated carbocycles. The highest BCUT2D eigenvalue weighted by Crippen LogP contribution is 2.24. The van der Waals surface area contributed by atoms with E-state index in [1.165, 1.54) is 0 Å². The Morgan fingerprint density at radius 2 is 1.72 bits per heavy atom. The zero-order valence-electron chi connectivity index (χ0n) is 9.91. The van der Waals surface area contributed by atoms with Gasteiger partial charge in [0.25, 0.3) is 0 Å². The monoisotopic (exact) mass is 281 g/mol. The number of hydrogen-bond donors (Lipinski definition) is 1. The third-order valence-electron chi connectivity index (χ3n) is 2.54. The molecule has 0 radical (unpaired) electrons. The lowest BCUT2D eigenvalue weighted by Crippen LogP contribution is -2.01. The number of anilines is 1. The van der Waals surface area contributed by atoms with Crippen LogP contribution in [0.25, 0.3) is 0 Å². The molecule has 0 unspecified atom stereocenters. The lowest BCUT2D eigenvalue weighted by molar-refractivity contribution is 0.410. The van der Waals surface area contributed by atoms with Gasteiger partial charge in [0.1, 0.15) is 5.75 Å². The highest BCUT2D eigenvalue weighted by molar-refractivity contribution is 6.35. The van der Waals surface area contributed by atoms with Gasteiger partial charge in [-0.15, -0.1) is 0 Å². The minimum atomic E-state index is 0.616. The van der Waals surface area contributed by atoms with Crippen molar-refractivity contribution in [2.75, 3.05) is 12.4 Å². The number of methoxy groups -OCH3 is 1. The van der Waals surface area contributed by atoms with Crippen molar-refractivity contribution in [3.63, 3.8) is 0 Å². The van der Waals surface area contributed by atoms with Crippen LogP contribution in [0.3, 0.4) is 0 Å². The molecule has 18 heavy (non-hydrogen) atoms. The number of para-hydroxylation sites is 1.